The first-order valence-corrected chi connectivity index (χ1v) is 13.2. The Morgan fingerprint density at radius 3 is 1.14 bits per heavy atom. The molecule has 2 N–H and O–H groups in total. The summed E-state index contributed by atoms with van der Waals surface area (Å²) in [5, 5.41) is 23.9. The van der Waals surface area contributed by atoms with E-state index in [1.54, 1.807) is 0 Å². The zero-order valence-electron chi connectivity index (χ0n) is 23.4. The lowest BCUT2D eigenvalue weighted by Crippen LogP contribution is -2.61. The van der Waals surface area contributed by atoms with E-state index in [-0.39, 0.29) is 36.0 Å². The molecule has 202 valence electrons. The summed E-state index contributed by atoms with van der Waals surface area (Å²) in [5.74, 6) is -1.73. The minimum Gasteiger partial charge on any atom is -0.462 e. The van der Waals surface area contributed by atoms with Crippen molar-refractivity contribution in [3.05, 3.63) is 0 Å². The van der Waals surface area contributed by atoms with E-state index in [9.17, 15) is 20.0 Å². The van der Waals surface area contributed by atoms with Crippen molar-refractivity contribution in [3.8, 4) is 0 Å². The number of nitrogens with zero attached hydrogens (tertiary/aromatic N) is 2. The van der Waals surface area contributed by atoms with Crippen LogP contribution in [0.3, 0.4) is 0 Å². The third-order valence-corrected chi connectivity index (χ3v) is 8.67. The highest BCUT2D eigenvalue weighted by molar-refractivity contribution is 5.83. The van der Waals surface area contributed by atoms with Crippen LogP contribution in [0.25, 0.3) is 0 Å². The van der Waals surface area contributed by atoms with Gasteiger partial charge in [0, 0.05) is 47.8 Å². The van der Waals surface area contributed by atoms with Gasteiger partial charge in [0.25, 0.3) is 0 Å². The third-order valence-electron chi connectivity index (χ3n) is 8.67. The summed E-state index contributed by atoms with van der Waals surface area (Å²) in [7, 11) is 0. The zero-order valence-corrected chi connectivity index (χ0v) is 23.4. The number of hydrogen-bond donors (Lipinski definition) is 2. The molecule has 3 aliphatic rings. The van der Waals surface area contributed by atoms with Crippen LogP contribution < -0.4 is 0 Å². The molecule has 2 heterocycles. The number of carbonyl (C=O) groups excluding carboxylic acids is 2. The van der Waals surface area contributed by atoms with Gasteiger partial charge in [0.15, 0.2) is 0 Å². The standard InChI is InChI=1S/C27H48N2O6/c1-16-11-17(2)21(23(31)35-19-14-26(7,8)29(33)27(9,10)15-19)20(16)22(30)34-18-12-24(3,4)28(32)25(5,6)13-18/h16-21,32-33H,11-15H2,1-10H3. The Balaban J connectivity index is 1.73. The summed E-state index contributed by atoms with van der Waals surface area (Å²) in [6.07, 6.45) is 2.19. The largest absolute Gasteiger partial charge is 0.462 e. The van der Waals surface area contributed by atoms with Crippen molar-refractivity contribution in [1.82, 2.24) is 10.1 Å². The van der Waals surface area contributed by atoms with Crippen LogP contribution in [0, 0.1) is 23.7 Å². The van der Waals surface area contributed by atoms with Gasteiger partial charge in [-0.15, -0.1) is 0 Å². The van der Waals surface area contributed by atoms with Gasteiger partial charge < -0.3 is 19.9 Å². The number of hydroxylamine groups is 4. The van der Waals surface area contributed by atoms with Crippen molar-refractivity contribution in [1.29, 1.82) is 0 Å². The fourth-order valence-electron chi connectivity index (χ4n) is 7.36. The third kappa shape index (κ3) is 5.55. The lowest BCUT2D eigenvalue weighted by atomic mass is 9.79. The Morgan fingerprint density at radius 1 is 0.629 bits per heavy atom. The molecule has 35 heavy (non-hydrogen) atoms. The van der Waals surface area contributed by atoms with Gasteiger partial charge in [0.1, 0.15) is 12.2 Å². The number of rotatable bonds is 4. The molecule has 1 saturated carbocycles. The van der Waals surface area contributed by atoms with Gasteiger partial charge in [0.2, 0.25) is 0 Å². The molecule has 4 unspecified atom stereocenters. The molecule has 0 aromatic heterocycles. The van der Waals surface area contributed by atoms with Gasteiger partial charge in [-0.2, -0.15) is 10.1 Å². The van der Waals surface area contributed by atoms with Crippen LogP contribution in [0.15, 0.2) is 0 Å². The van der Waals surface area contributed by atoms with Gasteiger partial charge in [-0.3, -0.25) is 9.59 Å². The van der Waals surface area contributed by atoms with Gasteiger partial charge in [-0.1, -0.05) is 13.8 Å². The van der Waals surface area contributed by atoms with Crippen LogP contribution in [-0.4, -0.2) is 66.8 Å². The molecule has 0 aromatic carbocycles. The van der Waals surface area contributed by atoms with Gasteiger partial charge in [0.05, 0.1) is 11.8 Å². The lowest BCUT2D eigenvalue weighted by molar-refractivity contribution is -0.261. The van der Waals surface area contributed by atoms with E-state index in [0.717, 1.165) is 6.42 Å². The second kappa shape index (κ2) is 9.26. The predicted molar refractivity (Wildman–Crippen MR) is 132 cm³/mol. The van der Waals surface area contributed by atoms with Gasteiger partial charge in [-0.05, 0) is 73.6 Å². The summed E-state index contributed by atoms with van der Waals surface area (Å²) in [5.41, 5.74) is -2.11. The van der Waals surface area contributed by atoms with Crippen LogP contribution in [0.2, 0.25) is 0 Å². The molecule has 4 atom stereocenters. The van der Waals surface area contributed by atoms with Crippen molar-refractivity contribution in [2.45, 2.75) is 136 Å². The van der Waals surface area contributed by atoms with E-state index in [1.165, 1.54) is 10.1 Å². The van der Waals surface area contributed by atoms with E-state index >= 15 is 0 Å². The van der Waals surface area contributed by atoms with E-state index in [1.807, 2.05) is 69.2 Å². The number of hydrogen-bond acceptors (Lipinski definition) is 8. The molecule has 0 aromatic rings. The van der Waals surface area contributed by atoms with Crippen molar-refractivity contribution < 1.29 is 29.5 Å². The average Bonchev–Trinajstić information content (AvgIpc) is 2.97. The second-order valence-corrected chi connectivity index (χ2v) is 14.0. The van der Waals surface area contributed by atoms with Crippen LogP contribution in [0.4, 0.5) is 0 Å². The molecule has 0 radical (unpaired) electrons. The monoisotopic (exact) mass is 496 g/mol. The molecule has 8 heteroatoms. The first kappa shape index (κ1) is 28.4. The fraction of sp³-hybridized carbons (Fsp3) is 0.926. The Labute approximate surface area is 211 Å². The molecule has 0 spiro atoms. The first-order chi connectivity index (χ1) is 15.8. The van der Waals surface area contributed by atoms with Crippen LogP contribution in [0.5, 0.6) is 0 Å². The molecule has 0 bridgehead atoms. The highest BCUT2D eigenvalue weighted by Gasteiger charge is 2.53. The van der Waals surface area contributed by atoms with Crippen LogP contribution >= 0.6 is 0 Å². The zero-order chi connectivity index (χ0) is 26.7. The van der Waals surface area contributed by atoms with Crippen molar-refractivity contribution in [2.24, 2.45) is 23.7 Å². The van der Waals surface area contributed by atoms with Crippen molar-refractivity contribution in [2.75, 3.05) is 0 Å². The smallest absolute Gasteiger partial charge is 0.310 e. The number of piperidine rings is 2. The molecular formula is C27H48N2O6. The van der Waals surface area contributed by atoms with E-state index < -0.39 is 34.0 Å². The Kier molecular flexibility index (Phi) is 7.50. The molecule has 2 aliphatic heterocycles. The van der Waals surface area contributed by atoms with Gasteiger partial charge >= 0.3 is 11.9 Å². The van der Waals surface area contributed by atoms with E-state index in [4.69, 9.17) is 9.47 Å². The van der Waals surface area contributed by atoms with Gasteiger partial charge in [-0.25, -0.2) is 0 Å². The normalized spacial score (nSPS) is 35.5. The average molecular weight is 497 g/mol. The molecule has 1 aliphatic carbocycles. The number of ether oxygens (including phenoxy) is 2. The maximum atomic E-state index is 13.5. The molecule has 3 fully saturated rings. The summed E-state index contributed by atoms with van der Waals surface area (Å²) in [4.78, 5) is 27.0. The Bertz CT molecular complexity index is 720. The van der Waals surface area contributed by atoms with E-state index in [0.29, 0.717) is 25.7 Å². The van der Waals surface area contributed by atoms with Crippen LogP contribution in [-0.2, 0) is 19.1 Å². The SMILES string of the molecule is CC1CC(C)C(C(=O)OC2CC(C)(C)N(O)C(C)(C)C2)C1C(=O)OC1CC(C)(C)N(O)C(C)(C)C1. The molecule has 8 nitrogen and oxygen atoms in total. The molecule has 0 amide bonds. The lowest BCUT2D eigenvalue weighted by Gasteiger charge is -2.51. The summed E-state index contributed by atoms with van der Waals surface area (Å²) in [6, 6.07) is 0. The highest BCUT2D eigenvalue weighted by atomic mass is 16.6. The Morgan fingerprint density at radius 2 is 0.886 bits per heavy atom. The van der Waals surface area contributed by atoms with Crippen molar-refractivity contribution in [3.63, 3.8) is 0 Å². The van der Waals surface area contributed by atoms with Crippen molar-refractivity contribution >= 4 is 11.9 Å². The highest BCUT2D eigenvalue weighted by Crippen LogP contribution is 2.45. The summed E-state index contributed by atoms with van der Waals surface area (Å²) in [6.45, 7) is 19.5. The number of esters is 2. The quantitative estimate of drug-likeness (QED) is 0.535. The molecule has 2 saturated heterocycles. The minimum absolute atomic E-state index is 0.0150. The molecule has 3 rings (SSSR count). The molecular weight excluding hydrogens is 448 g/mol. The second-order valence-electron chi connectivity index (χ2n) is 14.0. The topological polar surface area (TPSA) is 99.5 Å². The summed E-state index contributed by atoms with van der Waals surface area (Å²) >= 11 is 0. The maximum Gasteiger partial charge on any atom is 0.310 e. The maximum absolute atomic E-state index is 13.5. The predicted octanol–water partition coefficient (Wildman–Crippen LogP) is 4.80. The minimum atomic E-state index is -0.546. The fourth-order valence-corrected chi connectivity index (χ4v) is 7.36. The van der Waals surface area contributed by atoms with E-state index in [2.05, 4.69) is 0 Å². The first-order valence-electron chi connectivity index (χ1n) is 13.2. The van der Waals surface area contributed by atoms with Crippen LogP contribution in [0.1, 0.15) is 101 Å². The number of carbonyl (C=O) groups is 2. The summed E-state index contributed by atoms with van der Waals surface area (Å²) < 4.78 is 12.1. The Hall–Kier alpha value is -1.22.